The van der Waals surface area contributed by atoms with E-state index < -0.39 is 10.0 Å². The number of rotatable bonds is 8. The SMILES string of the molecule is COc1ccc(N(Cc2ccccc2)S(=O)(=O)c2cc(OC)ccc2OC)cc1. The second kappa shape index (κ2) is 8.87. The second-order valence-corrected chi connectivity index (χ2v) is 8.04. The van der Waals surface area contributed by atoms with Crippen LogP contribution in [0.15, 0.2) is 77.7 Å². The quantitative estimate of drug-likeness (QED) is 0.556. The van der Waals surface area contributed by atoms with Gasteiger partial charge < -0.3 is 14.2 Å². The van der Waals surface area contributed by atoms with E-state index in [0.717, 1.165) is 5.56 Å². The predicted molar refractivity (Wildman–Crippen MR) is 112 cm³/mol. The van der Waals surface area contributed by atoms with E-state index in [0.29, 0.717) is 17.2 Å². The molecule has 0 aromatic heterocycles. The van der Waals surface area contributed by atoms with E-state index in [1.807, 2.05) is 30.3 Å². The highest BCUT2D eigenvalue weighted by Gasteiger charge is 2.29. The Morgan fingerprint density at radius 1 is 0.759 bits per heavy atom. The fraction of sp³-hybridized carbons (Fsp3) is 0.182. The minimum atomic E-state index is -3.96. The molecule has 0 fully saturated rings. The number of anilines is 1. The van der Waals surface area contributed by atoms with E-state index in [9.17, 15) is 8.42 Å². The average molecular weight is 413 g/mol. The van der Waals surface area contributed by atoms with Gasteiger partial charge >= 0.3 is 0 Å². The third kappa shape index (κ3) is 4.46. The zero-order chi connectivity index (χ0) is 20.9. The van der Waals surface area contributed by atoms with E-state index in [1.54, 1.807) is 43.5 Å². The highest BCUT2D eigenvalue weighted by Crippen LogP contribution is 2.34. The Labute approximate surface area is 171 Å². The molecule has 0 spiro atoms. The molecule has 0 bridgehead atoms. The summed E-state index contributed by atoms with van der Waals surface area (Å²) >= 11 is 0. The Morgan fingerprint density at radius 3 is 1.97 bits per heavy atom. The number of hydrogen-bond acceptors (Lipinski definition) is 5. The summed E-state index contributed by atoms with van der Waals surface area (Å²) in [6.07, 6.45) is 0. The molecule has 0 amide bonds. The third-order valence-corrected chi connectivity index (χ3v) is 6.26. The van der Waals surface area contributed by atoms with E-state index in [-0.39, 0.29) is 17.2 Å². The van der Waals surface area contributed by atoms with E-state index in [4.69, 9.17) is 14.2 Å². The Kier molecular flexibility index (Phi) is 6.29. The van der Waals surface area contributed by atoms with Crippen molar-refractivity contribution in [3.8, 4) is 17.2 Å². The van der Waals surface area contributed by atoms with Gasteiger partial charge in [-0.25, -0.2) is 8.42 Å². The van der Waals surface area contributed by atoms with Crippen LogP contribution in [0.2, 0.25) is 0 Å². The van der Waals surface area contributed by atoms with Gasteiger partial charge in [-0.15, -0.1) is 0 Å². The average Bonchev–Trinajstić information content (AvgIpc) is 2.77. The number of hydrogen-bond donors (Lipinski definition) is 0. The van der Waals surface area contributed by atoms with Crippen molar-refractivity contribution in [3.05, 3.63) is 78.4 Å². The van der Waals surface area contributed by atoms with Gasteiger partial charge in [0, 0.05) is 6.07 Å². The van der Waals surface area contributed by atoms with Crippen molar-refractivity contribution in [2.24, 2.45) is 0 Å². The summed E-state index contributed by atoms with van der Waals surface area (Å²) in [6, 6.07) is 21.0. The van der Waals surface area contributed by atoms with Crippen LogP contribution in [0.5, 0.6) is 17.2 Å². The van der Waals surface area contributed by atoms with Crippen molar-refractivity contribution in [2.45, 2.75) is 11.4 Å². The Balaban J connectivity index is 2.13. The molecule has 152 valence electrons. The van der Waals surface area contributed by atoms with Crippen molar-refractivity contribution in [1.82, 2.24) is 0 Å². The molecule has 0 radical (unpaired) electrons. The summed E-state index contributed by atoms with van der Waals surface area (Å²) in [5.41, 5.74) is 1.37. The lowest BCUT2D eigenvalue weighted by molar-refractivity contribution is 0.392. The Bertz CT molecular complexity index is 1050. The smallest absolute Gasteiger partial charge is 0.268 e. The first-order valence-corrected chi connectivity index (χ1v) is 10.4. The molecule has 0 aliphatic carbocycles. The summed E-state index contributed by atoms with van der Waals surface area (Å²) < 4.78 is 44.5. The van der Waals surface area contributed by atoms with Crippen molar-refractivity contribution >= 4 is 15.7 Å². The minimum absolute atomic E-state index is 0.0334. The summed E-state index contributed by atoms with van der Waals surface area (Å²) in [7, 11) is 0.534. The first kappa shape index (κ1) is 20.5. The zero-order valence-electron chi connectivity index (χ0n) is 16.5. The van der Waals surface area contributed by atoms with Gasteiger partial charge in [0.15, 0.2) is 0 Å². The maximum atomic E-state index is 13.7. The highest BCUT2D eigenvalue weighted by atomic mass is 32.2. The molecule has 0 unspecified atom stereocenters. The summed E-state index contributed by atoms with van der Waals surface area (Å²) in [6.45, 7) is 0.163. The zero-order valence-corrected chi connectivity index (χ0v) is 17.3. The number of benzene rings is 3. The molecule has 6 nitrogen and oxygen atoms in total. The van der Waals surface area contributed by atoms with Crippen LogP contribution in [0.25, 0.3) is 0 Å². The fourth-order valence-electron chi connectivity index (χ4n) is 2.92. The Morgan fingerprint density at radius 2 is 1.38 bits per heavy atom. The van der Waals surface area contributed by atoms with Gasteiger partial charge in [-0.3, -0.25) is 4.31 Å². The Hall–Kier alpha value is -3.19. The van der Waals surface area contributed by atoms with Crippen LogP contribution >= 0.6 is 0 Å². The second-order valence-electron chi connectivity index (χ2n) is 6.21. The summed E-state index contributed by atoms with van der Waals surface area (Å²) in [4.78, 5) is 0.0334. The predicted octanol–water partition coefficient (Wildman–Crippen LogP) is 4.11. The molecular formula is C22H23NO5S. The largest absolute Gasteiger partial charge is 0.497 e. The lowest BCUT2D eigenvalue weighted by atomic mass is 10.2. The maximum Gasteiger partial charge on any atom is 0.268 e. The van der Waals surface area contributed by atoms with Crippen molar-refractivity contribution in [1.29, 1.82) is 0 Å². The van der Waals surface area contributed by atoms with Gasteiger partial charge in [-0.05, 0) is 42.0 Å². The molecule has 0 N–H and O–H groups in total. The molecule has 0 saturated heterocycles. The van der Waals surface area contributed by atoms with Crippen LogP contribution < -0.4 is 18.5 Å². The molecule has 0 aliphatic rings. The van der Waals surface area contributed by atoms with E-state index in [2.05, 4.69) is 0 Å². The van der Waals surface area contributed by atoms with Gasteiger partial charge in [0.1, 0.15) is 22.1 Å². The number of ether oxygens (including phenoxy) is 3. The monoisotopic (exact) mass is 413 g/mol. The standard InChI is InChI=1S/C22H23NO5S/c1-26-19-11-9-18(10-12-19)23(16-17-7-5-4-6-8-17)29(24,25)22-15-20(27-2)13-14-21(22)28-3/h4-15H,16H2,1-3H3. The van der Waals surface area contributed by atoms with Crippen LogP contribution in [-0.4, -0.2) is 29.7 Å². The summed E-state index contributed by atoms with van der Waals surface area (Å²) in [5.74, 6) is 1.32. The minimum Gasteiger partial charge on any atom is -0.497 e. The fourth-order valence-corrected chi connectivity index (χ4v) is 4.54. The number of sulfonamides is 1. The highest BCUT2D eigenvalue weighted by molar-refractivity contribution is 7.93. The normalized spacial score (nSPS) is 11.0. The van der Waals surface area contributed by atoms with Crippen LogP contribution in [0, 0.1) is 0 Å². The molecule has 3 aromatic rings. The van der Waals surface area contributed by atoms with Gasteiger partial charge in [0.2, 0.25) is 0 Å². The first-order chi connectivity index (χ1) is 14.0. The molecule has 0 aliphatic heterocycles. The lowest BCUT2D eigenvalue weighted by Crippen LogP contribution is -2.31. The molecule has 0 heterocycles. The first-order valence-electron chi connectivity index (χ1n) is 8.92. The van der Waals surface area contributed by atoms with Crippen molar-refractivity contribution in [2.75, 3.05) is 25.6 Å². The van der Waals surface area contributed by atoms with Gasteiger partial charge in [-0.2, -0.15) is 0 Å². The van der Waals surface area contributed by atoms with Crippen LogP contribution in [0.1, 0.15) is 5.56 Å². The number of nitrogens with zero attached hydrogens (tertiary/aromatic N) is 1. The lowest BCUT2D eigenvalue weighted by Gasteiger charge is -2.26. The van der Waals surface area contributed by atoms with Crippen molar-refractivity contribution in [3.63, 3.8) is 0 Å². The molecule has 0 atom stereocenters. The molecular weight excluding hydrogens is 390 g/mol. The van der Waals surface area contributed by atoms with E-state index in [1.165, 1.54) is 24.6 Å². The van der Waals surface area contributed by atoms with Gasteiger partial charge in [0.05, 0.1) is 33.6 Å². The molecule has 0 saturated carbocycles. The van der Waals surface area contributed by atoms with E-state index >= 15 is 0 Å². The van der Waals surface area contributed by atoms with Gasteiger partial charge in [-0.1, -0.05) is 30.3 Å². The van der Waals surface area contributed by atoms with Crippen molar-refractivity contribution < 1.29 is 22.6 Å². The van der Waals surface area contributed by atoms with Crippen LogP contribution in [0.3, 0.4) is 0 Å². The van der Waals surface area contributed by atoms with Crippen LogP contribution in [-0.2, 0) is 16.6 Å². The third-order valence-electron chi connectivity index (χ3n) is 4.47. The van der Waals surface area contributed by atoms with Gasteiger partial charge in [0.25, 0.3) is 10.0 Å². The topological polar surface area (TPSA) is 65.1 Å². The molecule has 29 heavy (non-hydrogen) atoms. The molecule has 7 heteroatoms. The number of methoxy groups -OCH3 is 3. The van der Waals surface area contributed by atoms with Crippen LogP contribution in [0.4, 0.5) is 5.69 Å². The molecule has 3 aromatic carbocycles. The maximum absolute atomic E-state index is 13.7. The molecule has 3 rings (SSSR count). The summed E-state index contributed by atoms with van der Waals surface area (Å²) in [5, 5.41) is 0.